The first-order chi connectivity index (χ1) is 10.3. The van der Waals surface area contributed by atoms with E-state index in [1.165, 1.54) is 0 Å². The van der Waals surface area contributed by atoms with E-state index in [1.807, 2.05) is 64.1 Å². The van der Waals surface area contributed by atoms with Crippen molar-refractivity contribution in [3.8, 4) is 17.1 Å². The highest BCUT2D eigenvalue weighted by Crippen LogP contribution is 2.37. The lowest BCUT2D eigenvalue weighted by atomic mass is 9.86. The third-order valence-corrected chi connectivity index (χ3v) is 4.47. The Morgan fingerprint density at radius 1 is 0.955 bits per heavy atom. The van der Waals surface area contributed by atoms with Gasteiger partial charge in [0.25, 0.3) is 0 Å². The topological polar surface area (TPSA) is 40.8 Å². The molecule has 0 aliphatic carbocycles. The van der Waals surface area contributed by atoms with Crippen LogP contribution in [0.2, 0.25) is 0 Å². The summed E-state index contributed by atoms with van der Waals surface area (Å²) in [5.74, 6) is 1.56. The number of ether oxygens (including phenoxy) is 1. The van der Waals surface area contributed by atoms with Crippen LogP contribution in [0.5, 0.6) is 5.75 Å². The van der Waals surface area contributed by atoms with Gasteiger partial charge in [-0.2, -0.15) is 0 Å². The summed E-state index contributed by atoms with van der Waals surface area (Å²) in [6.07, 6.45) is 0. The summed E-state index contributed by atoms with van der Waals surface area (Å²) in [6.45, 7) is 8.11. The molecular weight excluding hydrogens is 279 g/mol. The molecule has 3 rings (SSSR count). The molecule has 1 aromatic carbocycles. The standard InChI is InChI=1S/C17H21BO4/c1-16(2)17(3,4)22-18(21-16)15-10-9-14(20-15)12-7-6-8-13(11-12)19-5/h6-11H,1-5H3. The van der Waals surface area contributed by atoms with Gasteiger partial charge in [-0.15, -0.1) is 0 Å². The van der Waals surface area contributed by atoms with Crippen LogP contribution in [0.1, 0.15) is 27.7 Å². The van der Waals surface area contributed by atoms with Gasteiger partial charge in [-0.3, -0.25) is 0 Å². The molecule has 22 heavy (non-hydrogen) atoms. The highest BCUT2D eigenvalue weighted by Gasteiger charge is 2.53. The van der Waals surface area contributed by atoms with E-state index in [9.17, 15) is 0 Å². The van der Waals surface area contributed by atoms with E-state index in [2.05, 4.69) is 0 Å². The van der Waals surface area contributed by atoms with Gasteiger partial charge < -0.3 is 18.5 Å². The minimum absolute atomic E-state index is 0.374. The molecule has 0 atom stereocenters. The SMILES string of the molecule is COc1cccc(-c2ccc(B3OC(C)(C)C(C)(C)O3)o2)c1. The Bertz CT molecular complexity index is 659. The van der Waals surface area contributed by atoms with Crippen LogP contribution in [0.4, 0.5) is 0 Å². The first kappa shape index (κ1) is 15.2. The average molecular weight is 300 g/mol. The minimum atomic E-state index is -0.482. The lowest BCUT2D eigenvalue weighted by Crippen LogP contribution is -2.41. The van der Waals surface area contributed by atoms with Gasteiger partial charge in [-0.1, -0.05) is 12.1 Å². The lowest BCUT2D eigenvalue weighted by molar-refractivity contribution is 0.00578. The quantitative estimate of drug-likeness (QED) is 0.816. The Balaban J connectivity index is 1.86. The smallest absolute Gasteiger partial charge is 0.497 e. The fourth-order valence-corrected chi connectivity index (χ4v) is 2.37. The Morgan fingerprint density at radius 2 is 1.64 bits per heavy atom. The number of rotatable bonds is 3. The summed E-state index contributed by atoms with van der Waals surface area (Å²) in [5, 5.41) is 0. The maximum Gasteiger partial charge on any atom is 0.532 e. The zero-order chi connectivity index (χ0) is 16.0. The number of benzene rings is 1. The Hall–Kier alpha value is -1.72. The molecule has 0 spiro atoms. The number of furan rings is 1. The van der Waals surface area contributed by atoms with E-state index in [1.54, 1.807) is 7.11 Å². The van der Waals surface area contributed by atoms with Crippen molar-refractivity contribution in [1.29, 1.82) is 0 Å². The second-order valence-corrected chi connectivity index (χ2v) is 6.52. The molecule has 1 aliphatic rings. The first-order valence-corrected chi connectivity index (χ1v) is 7.42. The molecule has 4 nitrogen and oxygen atoms in total. The fraction of sp³-hybridized carbons (Fsp3) is 0.412. The molecule has 2 aromatic rings. The van der Waals surface area contributed by atoms with Gasteiger partial charge >= 0.3 is 7.12 Å². The maximum atomic E-state index is 6.00. The molecule has 1 saturated heterocycles. The summed E-state index contributed by atoms with van der Waals surface area (Å²) in [5.41, 5.74) is 0.889. The molecular formula is C17H21BO4. The molecule has 1 aliphatic heterocycles. The second kappa shape index (κ2) is 5.18. The third kappa shape index (κ3) is 2.55. The van der Waals surface area contributed by atoms with E-state index in [0.717, 1.165) is 17.1 Å². The highest BCUT2D eigenvalue weighted by atomic mass is 16.7. The zero-order valence-electron chi connectivity index (χ0n) is 13.7. The van der Waals surface area contributed by atoms with Crippen LogP contribution < -0.4 is 10.4 Å². The van der Waals surface area contributed by atoms with Crippen molar-refractivity contribution in [3.05, 3.63) is 36.4 Å². The van der Waals surface area contributed by atoms with Crippen molar-refractivity contribution in [2.24, 2.45) is 0 Å². The molecule has 0 amide bonds. The van der Waals surface area contributed by atoms with Crippen molar-refractivity contribution in [2.45, 2.75) is 38.9 Å². The van der Waals surface area contributed by atoms with Gasteiger partial charge in [0, 0.05) is 5.56 Å². The first-order valence-electron chi connectivity index (χ1n) is 7.42. The largest absolute Gasteiger partial charge is 0.532 e. The summed E-state index contributed by atoms with van der Waals surface area (Å²) in [6, 6.07) is 11.6. The van der Waals surface area contributed by atoms with Gasteiger partial charge in [0.2, 0.25) is 0 Å². The van der Waals surface area contributed by atoms with Crippen molar-refractivity contribution in [1.82, 2.24) is 0 Å². The van der Waals surface area contributed by atoms with E-state index in [4.69, 9.17) is 18.5 Å². The van der Waals surface area contributed by atoms with E-state index in [-0.39, 0.29) is 11.2 Å². The van der Waals surface area contributed by atoms with Crippen molar-refractivity contribution in [2.75, 3.05) is 7.11 Å². The monoisotopic (exact) mass is 300 g/mol. The maximum absolute atomic E-state index is 6.00. The van der Waals surface area contributed by atoms with Crippen LogP contribution in [0, 0.1) is 0 Å². The van der Waals surface area contributed by atoms with Crippen LogP contribution in [-0.4, -0.2) is 25.4 Å². The van der Waals surface area contributed by atoms with Crippen LogP contribution in [0.25, 0.3) is 11.3 Å². The predicted octanol–water partition coefficient (Wildman–Crippen LogP) is 3.25. The van der Waals surface area contributed by atoms with Crippen LogP contribution in [0.15, 0.2) is 40.8 Å². The van der Waals surface area contributed by atoms with Crippen molar-refractivity contribution in [3.63, 3.8) is 0 Å². The molecule has 0 bridgehead atoms. The molecule has 0 saturated carbocycles. The predicted molar refractivity (Wildman–Crippen MR) is 86.4 cm³/mol. The van der Waals surface area contributed by atoms with Gasteiger partial charge in [0.1, 0.15) is 17.2 Å². The van der Waals surface area contributed by atoms with Crippen molar-refractivity contribution < 1.29 is 18.5 Å². The molecule has 1 fully saturated rings. The number of hydrogen-bond acceptors (Lipinski definition) is 4. The Kier molecular flexibility index (Phi) is 3.58. The van der Waals surface area contributed by atoms with Gasteiger partial charge in [-0.05, 0) is 52.0 Å². The molecule has 2 heterocycles. The molecule has 116 valence electrons. The molecule has 0 radical (unpaired) electrons. The minimum Gasteiger partial charge on any atom is -0.497 e. The highest BCUT2D eigenvalue weighted by molar-refractivity contribution is 6.60. The van der Waals surface area contributed by atoms with Crippen LogP contribution in [-0.2, 0) is 9.31 Å². The zero-order valence-corrected chi connectivity index (χ0v) is 13.7. The summed E-state index contributed by atoms with van der Waals surface area (Å²) < 4.78 is 23.2. The van der Waals surface area contributed by atoms with Gasteiger partial charge in [0.05, 0.1) is 18.3 Å². The summed E-state index contributed by atoms with van der Waals surface area (Å²) >= 11 is 0. The lowest BCUT2D eigenvalue weighted by Gasteiger charge is -2.32. The molecule has 1 aromatic heterocycles. The third-order valence-electron chi connectivity index (χ3n) is 4.47. The summed E-state index contributed by atoms with van der Waals surface area (Å²) in [4.78, 5) is 0. The van der Waals surface area contributed by atoms with E-state index >= 15 is 0 Å². The summed E-state index contributed by atoms with van der Waals surface area (Å²) in [7, 11) is 1.17. The molecule has 5 heteroatoms. The Morgan fingerprint density at radius 3 is 2.27 bits per heavy atom. The number of hydrogen-bond donors (Lipinski definition) is 0. The van der Waals surface area contributed by atoms with E-state index in [0.29, 0.717) is 5.66 Å². The molecule has 0 N–H and O–H groups in total. The van der Waals surface area contributed by atoms with Gasteiger partial charge in [-0.25, -0.2) is 0 Å². The fourth-order valence-electron chi connectivity index (χ4n) is 2.37. The Labute approximate surface area is 131 Å². The van der Waals surface area contributed by atoms with Crippen molar-refractivity contribution >= 4 is 12.8 Å². The normalized spacial score (nSPS) is 19.4. The average Bonchev–Trinajstić information content (AvgIpc) is 3.02. The van der Waals surface area contributed by atoms with Crippen LogP contribution >= 0.6 is 0 Å². The van der Waals surface area contributed by atoms with Gasteiger partial charge in [0.15, 0.2) is 0 Å². The second-order valence-electron chi connectivity index (χ2n) is 6.52. The molecule has 0 unspecified atom stereocenters. The van der Waals surface area contributed by atoms with Crippen LogP contribution in [0.3, 0.4) is 0 Å². The van der Waals surface area contributed by atoms with E-state index < -0.39 is 7.12 Å². The number of methoxy groups -OCH3 is 1.